The van der Waals surface area contributed by atoms with Gasteiger partial charge in [0.15, 0.2) is 0 Å². The highest BCUT2D eigenvalue weighted by Crippen LogP contribution is 2.22. The van der Waals surface area contributed by atoms with E-state index < -0.39 is 0 Å². The maximum Gasteiger partial charge on any atom is 0.270 e. The molecule has 3 nitrogen and oxygen atoms in total. The second-order valence-electron chi connectivity index (χ2n) is 5.79. The summed E-state index contributed by atoms with van der Waals surface area (Å²) in [6.45, 7) is 9.98. The van der Waals surface area contributed by atoms with E-state index in [1.54, 1.807) is 4.68 Å². The number of rotatable bonds is 1. The maximum atomic E-state index is 12.2. The normalized spacial score (nSPS) is 11.8. The molecule has 0 aliphatic rings. The molecule has 1 aromatic carbocycles. The third-order valence-corrected chi connectivity index (χ3v) is 3.10. The highest BCUT2D eigenvalue weighted by molar-refractivity contribution is 5.63. The topological polar surface area (TPSA) is 37.8 Å². The van der Waals surface area contributed by atoms with Gasteiger partial charge >= 0.3 is 0 Å². The zero-order chi connectivity index (χ0) is 13.5. The minimum atomic E-state index is -0.232. The summed E-state index contributed by atoms with van der Waals surface area (Å²) >= 11 is 0. The summed E-state index contributed by atoms with van der Waals surface area (Å²) in [4.78, 5) is 12.2. The summed E-state index contributed by atoms with van der Waals surface area (Å²) in [5, 5.41) is 3.24. The molecule has 0 saturated carbocycles. The van der Waals surface area contributed by atoms with Crippen molar-refractivity contribution in [2.24, 2.45) is 0 Å². The summed E-state index contributed by atoms with van der Waals surface area (Å²) in [5.41, 5.74) is 3.77. The molecule has 1 aromatic heterocycles. The van der Waals surface area contributed by atoms with Crippen LogP contribution >= 0.6 is 0 Å². The van der Waals surface area contributed by atoms with Crippen LogP contribution in [-0.2, 0) is 5.54 Å². The van der Waals surface area contributed by atoms with Crippen LogP contribution < -0.4 is 5.56 Å². The van der Waals surface area contributed by atoms with Crippen LogP contribution in [0.1, 0.15) is 31.9 Å². The standard InChI is InChI=1S/C15H20N2O/c1-10-7-6-8-12(9-10)13-11(2)14(18)17(16-13)15(3,4)5/h6-9,16H,1-5H3. The zero-order valence-corrected chi connectivity index (χ0v) is 11.7. The minimum Gasteiger partial charge on any atom is -0.294 e. The van der Waals surface area contributed by atoms with E-state index in [0.717, 1.165) is 16.8 Å². The first-order valence-electron chi connectivity index (χ1n) is 6.20. The number of H-pyrrole nitrogens is 1. The van der Waals surface area contributed by atoms with Gasteiger partial charge in [0.1, 0.15) is 0 Å². The van der Waals surface area contributed by atoms with E-state index in [1.807, 2.05) is 39.8 Å². The fraction of sp³-hybridized carbons (Fsp3) is 0.400. The number of hydrogen-bond donors (Lipinski definition) is 1. The summed E-state index contributed by atoms with van der Waals surface area (Å²) in [7, 11) is 0. The Bertz CT molecular complexity index is 627. The second kappa shape index (κ2) is 4.16. The van der Waals surface area contributed by atoms with Gasteiger partial charge in [0.05, 0.1) is 11.2 Å². The smallest absolute Gasteiger partial charge is 0.270 e. The van der Waals surface area contributed by atoms with Crippen molar-refractivity contribution >= 4 is 0 Å². The lowest BCUT2D eigenvalue weighted by molar-refractivity contribution is 0.346. The molecule has 0 spiro atoms. The fourth-order valence-electron chi connectivity index (χ4n) is 2.08. The van der Waals surface area contributed by atoms with Gasteiger partial charge in [-0.1, -0.05) is 23.8 Å². The fourth-order valence-corrected chi connectivity index (χ4v) is 2.08. The average molecular weight is 244 g/mol. The first-order chi connectivity index (χ1) is 8.30. The summed E-state index contributed by atoms with van der Waals surface area (Å²) in [6, 6.07) is 8.18. The van der Waals surface area contributed by atoms with Crippen LogP contribution in [0.4, 0.5) is 0 Å². The van der Waals surface area contributed by atoms with Gasteiger partial charge in [-0.15, -0.1) is 0 Å². The van der Waals surface area contributed by atoms with Crippen molar-refractivity contribution in [3.05, 3.63) is 45.7 Å². The van der Waals surface area contributed by atoms with E-state index in [0.29, 0.717) is 0 Å². The van der Waals surface area contributed by atoms with Crippen molar-refractivity contribution in [1.82, 2.24) is 9.78 Å². The number of aryl methyl sites for hydroxylation is 1. The third-order valence-electron chi connectivity index (χ3n) is 3.10. The number of benzene rings is 1. The highest BCUT2D eigenvalue weighted by Gasteiger charge is 2.20. The van der Waals surface area contributed by atoms with E-state index >= 15 is 0 Å². The summed E-state index contributed by atoms with van der Waals surface area (Å²) < 4.78 is 1.69. The van der Waals surface area contributed by atoms with Crippen LogP contribution in [-0.4, -0.2) is 9.78 Å². The molecular weight excluding hydrogens is 224 g/mol. The highest BCUT2D eigenvalue weighted by atomic mass is 16.1. The number of nitrogens with zero attached hydrogens (tertiary/aromatic N) is 1. The number of hydrogen-bond acceptors (Lipinski definition) is 1. The Morgan fingerprint density at radius 1 is 1.17 bits per heavy atom. The molecule has 0 bridgehead atoms. The van der Waals surface area contributed by atoms with Crippen molar-refractivity contribution in [3.63, 3.8) is 0 Å². The van der Waals surface area contributed by atoms with Crippen LogP contribution in [0.15, 0.2) is 29.1 Å². The molecule has 0 radical (unpaired) electrons. The summed E-state index contributed by atoms with van der Waals surface area (Å²) in [6.07, 6.45) is 0. The van der Waals surface area contributed by atoms with Gasteiger partial charge in [0.25, 0.3) is 5.56 Å². The Balaban J connectivity index is 2.64. The van der Waals surface area contributed by atoms with Gasteiger partial charge < -0.3 is 0 Å². The number of aromatic amines is 1. The lowest BCUT2D eigenvalue weighted by atomic mass is 10.1. The van der Waals surface area contributed by atoms with Crippen LogP contribution in [0.5, 0.6) is 0 Å². The zero-order valence-electron chi connectivity index (χ0n) is 11.7. The van der Waals surface area contributed by atoms with Crippen molar-refractivity contribution in [2.75, 3.05) is 0 Å². The SMILES string of the molecule is Cc1cccc(-c2[nH]n(C(C)(C)C)c(=O)c2C)c1. The Morgan fingerprint density at radius 3 is 2.33 bits per heavy atom. The first kappa shape index (κ1) is 12.7. The lowest BCUT2D eigenvalue weighted by Crippen LogP contribution is -2.32. The molecule has 2 aromatic rings. The quantitative estimate of drug-likeness (QED) is 0.821. The Hall–Kier alpha value is -1.77. The maximum absolute atomic E-state index is 12.2. The van der Waals surface area contributed by atoms with Gasteiger partial charge in [0, 0.05) is 11.1 Å². The van der Waals surface area contributed by atoms with E-state index in [9.17, 15) is 4.79 Å². The van der Waals surface area contributed by atoms with Crippen LogP contribution in [0.3, 0.4) is 0 Å². The Labute approximate surface area is 107 Å². The molecular formula is C15H20N2O. The minimum absolute atomic E-state index is 0.0546. The van der Waals surface area contributed by atoms with Crippen molar-refractivity contribution < 1.29 is 0 Å². The predicted octanol–water partition coefficient (Wildman–Crippen LogP) is 3.22. The third kappa shape index (κ3) is 2.13. The first-order valence-corrected chi connectivity index (χ1v) is 6.20. The second-order valence-corrected chi connectivity index (χ2v) is 5.79. The molecule has 1 heterocycles. The molecule has 0 aliphatic heterocycles. The largest absolute Gasteiger partial charge is 0.294 e. The van der Waals surface area contributed by atoms with Gasteiger partial charge in [-0.2, -0.15) is 0 Å². The molecule has 3 heteroatoms. The predicted molar refractivity (Wildman–Crippen MR) is 75.0 cm³/mol. The lowest BCUT2D eigenvalue weighted by Gasteiger charge is -2.19. The average Bonchev–Trinajstić information content (AvgIpc) is 2.55. The van der Waals surface area contributed by atoms with E-state index in [2.05, 4.69) is 24.2 Å². The van der Waals surface area contributed by atoms with Crippen LogP contribution in [0.2, 0.25) is 0 Å². The van der Waals surface area contributed by atoms with Gasteiger partial charge in [-0.05, 0) is 40.7 Å². The molecule has 0 atom stereocenters. The molecule has 96 valence electrons. The van der Waals surface area contributed by atoms with Crippen LogP contribution in [0, 0.1) is 13.8 Å². The van der Waals surface area contributed by atoms with Gasteiger partial charge in [0.2, 0.25) is 0 Å². The van der Waals surface area contributed by atoms with E-state index in [1.165, 1.54) is 5.56 Å². The van der Waals surface area contributed by atoms with Crippen molar-refractivity contribution in [2.45, 2.75) is 40.2 Å². The van der Waals surface area contributed by atoms with Crippen molar-refractivity contribution in [3.8, 4) is 11.3 Å². The molecule has 2 rings (SSSR count). The number of aromatic nitrogens is 2. The molecule has 0 aliphatic carbocycles. The molecule has 0 fully saturated rings. The Kier molecular flexibility index (Phi) is 2.93. The summed E-state index contributed by atoms with van der Waals surface area (Å²) in [5.74, 6) is 0. The molecule has 0 unspecified atom stereocenters. The number of nitrogens with one attached hydrogen (secondary N) is 1. The monoisotopic (exact) mass is 244 g/mol. The van der Waals surface area contributed by atoms with E-state index in [4.69, 9.17) is 0 Å². The molecule has 18 heavy (non-hydrogen) atoms. The van der Waals surface area contributed by atoms with Gasteiger partial charge in [-0.25, -0.2) is 4.68 Å². The Morgan fingerprint density at radius 2 is 1.83 bits per heavy atom. The molecule has 0 amide bonds. The van der Waals surface area contributed by atoms with Crippen LogP contribution in [0.25, 0.3) is 11.3 Å². The van der Waals surface area contributed by atoms with Crippen molar-refractivity contribution in [1.29, 1.82) is 0 Å². The molecule has 1 N–H and O–H groups in total. The van der Waals surface area contributed by atoms with Gasteiger partial charge in [-0.3, -0.25) is 9.89 Å². The molecule has 0 saturated heterocycles. The van der Waals surface area contributed by atoms with E-state index in [-0.39, 0.29) is 11.1 Å².